The van der Waals surface area contributed by atoms with Gasteiger partial charge in [-0.1, -0.05) is 53.3 Å². The van der Waals surface area contributed by atoms with Crippen LogP contribution in [0.5, 0.6) is 5.75 Å². The Hall–Kier alpha value is -1.81. The Morgan fingerprint density at radius 1 is 1.12 bits per heavy atom. The van der Waals surface area contributed by atoms with Gasteiger partial charge >= 0.3 is 5.97 Å². The van der Waals surface area contributed by atoms with Crippen molar-refractivity contribution >= 4 is 5.97 Å². The second kappa shape index (κ2) is 9.62. The van der Waals surface area contributed by atoms with Gasteiger partial charge in [0.05, 0.1) is 6.61 Å². The molecule has 0 heterocycles. The zero-order valence-corrected chi connectivity index (χ0v) is 16.4. The molecule has 4 heteroatoms. The van der Waals surface area contributed by atoms with Gasteiger partial charge in [-0.2, -0.15) is 0 Å². The Morgan fingerprint density at radius 3 is 2.20 bits per heavy atom. The molecule has 0 bridgehead atoms. The average molecular weight is 348 g/mol. The molecule has 0 aliphatic carbocycles. The maximum absolute atomic E-state index is 10.9. The highest BCUT2D eigenvalue weighted by Crippen LogP contribution is 2.40. The number of hydrogen-bond donors (Lipinski definition) is 0. The van der Waals surface area contributed by atoms with E-state index in [1.165, 1.54) is 5.56 Å². The van der Waals surface area contributed by atoms with Crippen molar-refractivity contribution in [3.8, 4) is 5.75 Å². The Kier molecular flexibility index (Phi) is 8.17. The van der Waals surface area contributed by atoms with Crippen LogP contribution in [0.1, 0.15) is 53.0 Å². The Bertz CT molecular complexity index is 540. The molecule has 0 aliphatic rings. The molecule has 1 aromatic carbocycles. The zero-order valence-electron chi connectivity index (χ0n) is 16.4. The van der Waals surface area contributed by atoms with E-state index in [4.69, 9.17) is 14.2 Å². The molecule has 1 rings (SSSR count). The number of carbonyl (C=O) groups is 1. The number of esters is 1. The number of benzene rings is 1. The minimum atomic E-state index is -0.452. The average Bonchev–Trinajstić information content (AvgIpc) is 2.51. The lowest BCUT2D eigenvalue weighted by Crippen LogP contribution is -2.23. The molecule has 0 radical (unpaired) electrons. The van der Waals surface area contributed by atoms with E-state index in [9.17, 15) is 4.79 Å². The molecule has 0 saturated heterocycles. The summed E-state index contributed by atoms with van der Waals surface area (Å²) in [6.07, 6.45) is 0.709. The van der Waals surface area contributed by atoms with Gasteiger partial charge in [0, 0.05) is 6.08 Å². The van der Waals surface area contributed by atoms with E-state index in [1.807, 2.05) is 19.1 Å². The molecule has 0 amide bonds. The molecule has 2 atom stereocenters. The van der Waals surface area contributed by atoms with E-state index >= 15 is 0 Å². The van der Waals surface area contributed by atoms with Crippen LogP contribution in [0.15, 0.2) is 36.9 Å². The lowest BCUT2D eigenvalue weighted by Gasteiger charge is -2.34. The summed E-state index contributed by atoms with van der Waals surface area (Å²) in [5, 5.41) is 0. The number of rotatable bonds is 9. The molecule has 1 aromatic rings. The molecule has 0 spiro atoms. The molecule has 140 valence electrons. The first-order chi connectivity index (χ1) is 11.6. The van der Waals surface area contributed by atoms with Crippen molar-refractivity contribution in [1.29, 1.82) is 0 Å². The fraction of sp³-hybridized carbons (Fsp3) is 0.571. The SMILES string of the molecule is C=CC(=O)OCCOC(C)Oc1ccc(C(C(C)C)C(C)(C)C)cc1. The first-order valence-electron chi connectivity index (χ1n) is 8.82. The quantitative estimate of drug-likeness (QED) is 0.274. The van der Waals surface area contributed by atoms with Gasteiger partial charge in [0.15, 0.2) is 6.29 Å². The van der Waals surface area contributed by atoms with Gasteiger partial charge in [0.25, 0.3) is 0 Å². The van der Waals surface area contributed by atoms with Crippen molar-refractivity contribution in [3.05, 3.63) is 42.5 Å². The summed E-state index contributed by atoms with van der Waals surface area (Å²) in [5.41, 5.74) is 1.52. The summed E-state index contributed by atoms with van der Waals surface area (Å²) in [6.45, 7) is 16.9. The summed E-state index contributed by atoms with van der Waals surface area (Å²) in [4.78, 5) is 10.9. The fourth-order valence-electron chi connectivity index (χ4n) is 3.28. The first-order valence-corrected chi connectivity index (χ1v) is 8.82. The van der Waals surface area contributed by atoms with Crippen LogP contribution < -0.4 is 4.74 Å². The maximum atomic E-state index is 10.9. The number of hydrogen-bond acceptors (Lipinski definition) is 4. The van der Waals surface area contributed by atoms with Crippen molar-refractivity contribution in [1.82, 2.24) is 0 Å². The lowest BCUT2D eigenvalue weighted by molar-refractivity contribution is -0.142. The van der Waals surface area contributed by atoms with Crippen LogP contribution in [0.4, 0.5) is 0 Å². The van der Waals surface area contributed by atoms with Gasteiger partial charge in [-0.15, -0.1) is 0 Å². The Balaban J connectivity index is 2.56. The molecule has 0 saturated carbocycles. The molecular weight excluding hydrogens is 316 g/mol. The van der Waals surface area contributed by atoms with Gasteiger partial charge in [0.1, 0.15) is 12.4 Å². The number of carbonyl (C=O) groups excluding carboxylic acids is 1. The molecule has 0 aromatic heterocycles. The van der Waals surface area contributed by atoms with Gasteiger partial charge in [-0.25, -0.2) is 4.79 Å². The smallest absolute Gasteiger partial charge is 0.330 e. The van der Waals surface area contributed by atoms with Crippen LogP contribution in [0.25, 0.3) is 0 Å². The maximum Gasteiger partial charge on any atom is 0.330 e. The summed E-state index contributed by atoms with van der Waals surface area (Å²) in [6, 6.07) is 8.22. The van der Waals surface area contributed by atoms with Crippen LogP contribution in [0.3, 0.4) is 0 Å². The van der Waals surface area contributed by atoms with Crippen molar-refractivity contribution in [2.24, 2.45) is 11.3 Å². The van der Waals surface area contributed by atoms with E-state index in [0.717, 1.165) is 11.8 Å². The van der Waals surface area contributed by atoms with Crippen molar-refractivity contribution in [2.75, 3.05) is 13.2 Å². The van der Waals surface area contributed by atoms with Crippen molar-refractivity contribution < 1.29 is 19.0 Å². The van der Waals surface area contributed by atoms with Crippen molar-refractivity contribution in [3.63, 3.8) is 0 Å². The van der Waals surface area contributed by atoms with Gasteiger partial charge < -0.3 is 14.2 Å². The normalized spacial score (nSPS) is 14.0. The molecular formula is C21H32O4. The summed E-state index contributed by atoms with van der Waals surface area (Å²) in [5.74, 6) is 1.35. The summed E-state index contributed by atoms with van der Waals surface area (Å²) >= 11 is 0. The minimum absolute atomic E-state index is 0.180. The van der Waals surface area contributed by atoms with Crippen LogP contribution in [0.2, 0.25) is 0 Å². The highest BCUT2D eigenvalue weighted by Gasteiger charge is 2.28. The van der Waals surface area contributed by atoms with Crippen LogP contribution in [-0.2, 0) is 14.3 Å². The Morgan fingerprint density at radius 2 is 1.72 bits per heavy atom. The predicted molar refractivity (Wildman–Crippen MR) is 101 cm³/mol. The molecule has 0 fully saturated rings. The van der Waals surface area contributed by atoms with Crippen LogP contribution >= 0.6 is 0 Å². The van der Waals surface area contributed by atoms with Gasteiger partial charge in [-0.05, 0) is 41.9 Å². The van der Waals surface area contributed by atoms with Gasteiger partial charge in [0.2, 0.25) is 0 Å². The highest BCUT2D eigenvalue weighted by atomic mass is 16.7. The second-order valence-corrected chi connectivity index (χ2v) is 7.58. The number of ether oxygens (including phenoxy) is 3. The molecule has 25 heavy (non-hydrogen) atoms. The monoisotopic (exact) mass is 348 g/mol. The first kappa shape index (κ1) is 21.2. The molecule has 0 N–H and O–H groups in total. The zero-order chi connectivity index (χ0) is 19.0. The van der Waals surface area contributed by atoms with E-state index < -0.39 is 12.3 Å². The van der Waals surface area contributed by atoms with E-state index in [2.05, 4.69) is 53.3 Å². The van der Waals surface area contributed by atoms with Crippen LogP contribution in [0, 0.1) is 11.3 Å². The van der Waals surface area contributed by atoms with E-state index in [0.29, 0.717) is 11.8 Å². The summed E-state index contributed by atoms with van der Waals surface area (Å²) in [7, 11) is 0. The molecule has 4 nitrogen and oxygen atoms in total. The third kappa shape index (κ3) is 7.30. The van der Waals surface area contributed by atoms with Gasteiger partial charge in [-0.3, -0.25) is 0 Å². The second-order valence-electron chi connectivity index (χ2n) is 7.58. The van der Waals surface area contributed by atoms with E-state index in [-0.39, 0.29) is 18.6 Å². The minimum Gasteiger partial charge on any atom is -0.465 e. The molecule has 2 unspecified atom stereocenters. The Labute approximate surface area is 152 Å². The standard InChI is InChI=1S/C21H32O4/c1-8-19(22)24-14-13-23-16(4)25-18-11-9-17(10-12-18)20(15(2)3)21(5,6)7/h8-12,15-16,20H,1,13-14H2,2-7H3. The van der Waals surface area contributed by atoms with E-state index in [1.54, 1.807) is 0 Å². The third-order valence-electron chi connectivity index (χ3n) is 3.99. The fourth-order valence-corrected chi connectivity index (χ4v) is 3.28. The largest absolute Gasteiger partial charge is 0.465 e. The summed E-state index contributed by atoms with van der Waals surface area (Å²) < 4.78 is 16.1. The third-order valence-corrected chi connectivity index (χ3v) is 3.99. The van der Waals surface area contributed by atoms with Crippen LogP contribution in [-0.4, -0.2) is 25.5 Å². The predicted octanol–water partition coefficient (Wildman–Crippen LogP) is 4.94. The topological polar surface area (TPSA) is 44.8 Å². The highest BCUT2D eigenvalue weighted by molar-refractivity contribution is 5.81. The van der Waals surface area contributed by atoms with Crippen molar-refractivity contribution in [2.45, 2.75) is 53.8 Å². The molecule has 0 aliphatic heterocycles. The lowest BCUT2D eigenvalue weighted by atomic mass is 9.70.